The van der Waals surface area contributed by atoms with Crippen LogP contribution in [-0.2, 0) is 4.79 Å². The average Bonchev–Trinajstić information content (AvgIpc) is 2.31. The molecular formula is C7H6N2O. The van der Waals surface area contributed by atoms with Crippen molar-refractivity contribution in [2.45, 2.75) is 6.92 Å². The molecule has 3 heteroatoms. The van der Waals surface area contributed by atoms with Crippen LogP contribution in [0.25, 0.3) is 0 Å². The average molecular weight is 134 g/mol. The number of nitrogens with zero attached hydrogens (tertiary/aromatic N) is 1. The number of imidazole rings is 1. The van der Waals surface area contributed by atoms with Crippen molar-refractivity contribution in [3.8, 4) is 11.8 Å². The fourth-order valence-electron chi connectivity index (χ4n) is 0.592. The molecular weight excluding hydrogens is 128 g/mol. The van der Waals surface area contributed by atoms with Gasteiger partial charge in [-0.3, -0.25) is 4.79 Å². The maximum Gasteiger partial charge on any atom is 0.193 e. The molecule has 10 heavy (non-hydrogen) atoms. The largest absolute Gasteiger partial charge is 0.336 e. The Kier molecular flexibility index (Phi) is 1.86. The summed E-state index contributed by atoms with van der Waals surface area (Å²) in [6, 6.07) is 0. The molecule has 0 radical (unpaired) electrons. The second-order valence-corrected chi connectivity index (χ2v) is 1.77. The molecule has 0 saturated carbocycles. The number of aldehydes is 1. The number of aromatic amines is 1. The number of hydrogen-bond acceptors (Lipinski definition) is 2. The normalized spacial score (nSPS) is 8.10. The Bertz CT molecular complexity index is 290. The van der Waals surface area contributed by atoms with E-state index in [1.807, 2.05) is 6.92 Å². The first kappa shape index (κ1) is 6.56. The van der Waals surface area contributed by atoms with Crippen LogP contribution in [0.4, 0.5) is 0 Å². The van der Waals surface area contributed by atoms with E-state index in [2.05, 4.69) is 21.8 Å². The molecule has 0 aliphatic heterocycles. The van der Waals surface area contributed by atoms with Crippen molar-refractivity contribution in [2.75, 3.05) is 0 Å². The molecule has 0 aliphatic carbocycles. The van der Waals surface area contributed by atoms with Gasteiger partial charge in [-0.05, 0) is 18.8 Å². The predicted octanol–water partition coefficient (Wildman–Crippen LogP) is 0.269. The van der Waals surface area contributed by atoms with E-state index in [-0.39, 0.29) is 0 Å². The summed E-state index contributed by atoms with van der Waals surface area (Å²) in [5.74, 6) is 5.66. The zero-order valence-electron chi connectivity index (χ0n) is 5.51. The molecule has 0 saturated heterocycles. The molecule has 0 amide bonds. The van der Waals surface area contributed by atoms with Crippen LogP contribution in [0, 0.1) is 18.8 Å². The number of nitrogens with one attached hydrogen (secondary N) is 1. The van der Waals surface area contributed by atoms with Crippen molar-refractivity contribution in [2.24, 2.45) is 0 Å². The van der Waals surface area contributed by atoms with Gasteiger partial charge in [0.2, 0.25) is 0 Å². The highest BCUT2D eigenvalue weighted by molar-refractivity contribution is 5.73. The number of aryl methyl sites for hydroxylation is 1. The smallest absolute Gasteiger partial charge is 0.193 e. The number of carbonyl (C=O) groups is 1. The molecule has 0 atom stereocenters. The number of hydrogen-bond donors (Lipinski definition) is 1. The van der Waals surface area contributed by atoms with Gasteiger partial charge < -0.3 is 4.98 Å². The van der Waals surface area contributed by atoms with Gasteiger partial charge in [-0.1, -0.05) is 0 Å². The monoisotopic (exact) mass is 134 g/mol. The van der Waals surface area contributed by atoms with Crippen molar-refractivity contribution < 1.29 is 4.79 Å². The van der Waals surface area contributed by atoms with Crippen molar-refractivity contribution in [1.82, 2.24) is 9.97 Å². The molecule has 1 N–H and O–H groups in total. The van der Waals surface area contributed by atoms with E-state index in [1.54, 1.807) is 6.20 Å². The fraction of sp³-hybridized carbons (Fsp3) is 0.143. The molecule has 3 nitrogen and oxygen atoms in total. The van der Waals surface area contributed by atoms with Crippen LogP contribution >= 0.6 is 0 Å². The van der Waals surface area contributed by atoms with E-state index >= 15 is 0 Å². The maximum absolute atomic E-state index is 9.78. The Labute approximate surface area is 58.5 Å². The van der Waals surface area contributed by atoms with Crippen LogP contribution < -0.4 is 0 Å². The molecule has 0 bridgehead atoms. The highest BCUT2D eigenvalue weighted by Gasteiger charge is 1.88. The lowest BCUT2D eigenvalue weighted by Crippen LogP contribution is -1.73. The number of carbonyl (C=O) groups excluding carboxylic acids is 1. The highest BCUT2D eigenvalue weighted by Crippen LogP contribution is 1.90. The first-order chi connectivity index (χ1) is 4.83. The van der Waals surface area contributed by atoms with E-state index in [4.69, 9.17) is 0 Å². The number of H-pyrrole nitrogens is 1. The zero-order chi connectivity index (χ0) is 7.40. The summed E-state index contributed by atoms with van der Waals surface area (Å²) >= 11 is 0. The third-order valence-corrected chi connectivity index (χ3v) is 0.969. The molecule has 1 aromatic heterocycles. The van der Waals surface area contributed by atoms with Gasteiger partial charge in [-0.15, -0.1) is 0 Å². The number of rotatable bonds is 0. The molecule has 1 heterocycles. The van der Waals surface area contributed by atoms with Crippen LogP contribution in [-0.4, -0.2) is 16.3 Å². The van der Waals surface area contributed by atoms with Crippen molar-refractivity contribution >= 4 is 6.29 Å². The van der Waals surface area contributed by atoms with Crippen molar-refractivity contribution in [3.05, 3.63) is 17.7 Å². The van der Waals surface area contributed by atoms with E-state index in [0.717, 1.165) is 5.82 Å². The third kappa shape index (κ3) is 1.46. The summed E-state index contributed by atoms with van der Waals surface area (Å²) in [4.78, 5) is 16.5. The lowest BCUT2D eigenvalue weighted by Gasteiger charge is -1.75. The molecule has 0 unspecified atom stereocenters. The van der Waals surface area contributed by atoms with Gasteiger partial charge in [0.25, 0.3) is 0 Å². The Morgan fingerprint density at radius 1 is 1.80 bits per heavy atom. The van der Waals surface area contributed by atoms with E-state index < -0.39 is 0 Å². The van der Waals surface area contributed by atoms with Gasteiger partial charge in [-0.2, -0.15) is 0 Å². The Hall–Kier alpha value is -1.56. The summed E-state index contributed by atoms with van der Waals surface area (Å²) in [7, 11) is 0. The summed E-state index contributed by atoms with van der Waals surface area (Å²) in [6.45, 7) is 1.83. The van der Waals surface area contributed by atoms with Gasteiger partial charge in [0.05, 0.1) is 6.20 Å². The van der Waals surface area contributed by atoms with Gasteiger partial charge in [0.15, 0.2) is 6.29 Å². The first-order valence-electron chi connectivity index (χ1n) is 2.79. The summed E-state index contributed by atoms with van der Waals surface area (Å²) < 4.78 is 0. The lowest BCUT2D eigenvalue weighted by molar-refractivity contribution is -0.103. The minimum atomic E-state index is 0.552. The van der Waals surface area contributed by atoms with Crippen LogP contribution in [0.1, 0.15) is 11.5 Å². The van der Waals surface area contributed by atoms with E-state index in [0.29, 0.717) is 12.0 Å². The van der Waals surface area contributed by atoms with Crippen LogP contribution in [0.2, 0.25) is 0 Å². The zero-order valence-corrected chi connectivity index (χ0v) is 5.51. The topological polar surface area (TPSA) is 45.8 Å². The molecule has 0 aliphatic rings. The Morgan fingerprint density at radius 2 is 2.60 bits per heavy atom. The Morgan fingerprint density at radius 3 is 3.10 bits per heavy atom. The molecule has 1 rings (SSSR count). The molecule has 0 fully saturated rings. The highest BCUT2D eigenvalue weighted by atomic mass is 16.1. The van der Waals surface area contributed by atoms with Gasteiger partial charge in [0, 0.05) is 0 Å². The second-order valence-electron chi connectivity index (χ2n) is 1.77. The van der Waals surface area contributed by atoms with Crippen LogP contribution in [0.15, 0.2) is 6.20 Å². The van der Waals surface area contributed by atoms with Crippen molar-refractivity contribution in [1.29, 1.82) is 0 Å². The minimum absolute atomic E-state index is 0.552. The van der Waals surface area contributed by atoms with Crippen LogP contribution in [0.5, 0.6) is 0 Å². The lowest BCUT2D eigenvalue weighted by atomic mass is 10.5. The van der Waals surface area contributed by atoms with Gasteiger partial charge in [0.1, 0.15) is 11.5 Å². The molecule has 0 aromatic carbocycles. The Balaban J connectivity index is 2.85. The molecule has 50 valence electrons. The van der Waals surface area contributed by atoms with Gasteiger partial charge >= 0.3 is 0 Å². The van der Waals surface area contributed by atoms with E-state index in [1.165, 1.54) is 0 Å². The molecule has 1 aromatic rings. The maximum atomic E-state index is 9.78. The second kappa shape index (κ2) is 2.83. The van der Waals surface area contributed by atoms with Crippen molar-refractivity contribution in [3.63, 3.8) is 0 Å². The summed E-state index contributed by atoms with van der Waals surface area (Å²) in [6.07, 6.45) is 2.14. The SMILES string of the molecule is Cc1ncc(C#CC=O)[nH]1. The standard InChI is InChI=1S/C7H6N2O/c1-6-8-5-7(9-6)3-2-4-10/h4-5H,1H3,(H,8,9). The minimum Gasteiger partial charge on any atom is -0.336 e. The molecule has 0 spiro atoms. The quantitative estimate of drug-likeness (QED) is 0.409. The first-order valence-corrected chi connectivity index (χ1v) is 2.79. The predicted molar refractivity (Wildman–Crippen MR) is 36.3 cm³/mol. The van der Waals surface area contributed by atoms with Gasteiger partial charge in [-0.25, -0.2) is 4.98 Å². The summed E-state index contributed by atoms with van der Waals surface area (Å²) in [5.41, 5.74) is 0.671. The number of aromatic nitrogens is 2. The fourth-order valence-corrected chi connectivity index (χ4v) is 0.592. The van der Waals surface area contributed by atoms with E-state index in [9.17, 15) is 4.79 Å². The summed E-state index contributed by atoms with van der Waals surface area (Å²) in [5, 5.41) is 0. The van der Waals surface area contributed by atoms with Crippen LogP contribution in [0.3, 0.4) is 0 Å². The third-order valence-electron chi connectivity index (χ3n) is 0.969.